The number of carbonyl (C=O) groups is 3. The molecule has 0 aromatic carbocycles. The Morgan fingerprint density at radius 1 is 1.03 bits per heavy atom. The van der Waals surface area contributed by atoms with Gasteiger partial charge < -0.3 is 15.5 Å². The zero-order valence-corrected chi connectivity index (χ0v) is 21.2. The van der Waals surface area contributed by atoms with E-state index in [0.29, 0.717) is 31.1 Å². The average molecular weight is 478 g/mol. The van der Waals surface area contributed by atoms with Crippen LogP contribution in [0.1, 0.15) is 110 Å². The van der Waals surface area contributed by atoms with Gasteiger partial charge >= 0.3 is 5.97 Å². The molecule has 0 aromatic heterocycles. The van der Waals surface area contributed by atoms with Gasteiger partial charge in [-0.1, -0.05) is 57.6 Å². The van der Waals surface area contributed by atoms with E-state index < -0.39 is 12.1 Å². The van der Waals surface area contributed by atoms with Gasteiger partial charge in [-0.2, -0.15) is 0 Å². The van der Waals surface area contributed by atoms with Crippen LogP contribution in [0.15, 0.2) is 12.2 Å². The Bertz CT molecular complexity index is 653. The first kappa shape index (κ1) is 28.5. The molecule has 0 radical (unpaired) electrons. The summed E-state index contributed by atoms with van der Waals surface area (Å²) in [7, 11) is 0. The first-order valence-electron chi connectivity index (χ1n) is 13.8. The molecule has 0 bridgehead atoms. The molecule has 0 spiro atoms. The molecule has 2 saturated carbocycles. The second kappa shape index (κ2) is 16.1. The van der Waals surface area contributed by atoms with Gasteiger partial charge in [0.2, 0.25) is 5.91 Å². The van der Waals surface area contributed by atoms with Gasteiger partial charge in [0.15, 0.2) is 0 Å². The summed E-state index contributed by atoms with van der Waals surface area (Å²) >= 11 is 0. The van der Waals surface area contributed by atoms with Crippen LogP contribution < -0.4 is 5.32 Å². The molecule has 1 amide bonds. The fraction of sp³-hybridized carbons (Fsp3) is 0.821. The number of allylic oxidation sites excluding steroid dienone is 1. The summed E-state index contributed by atoms with van der Waals surface area (Å²) in [5.74, 6) is 0.329. The van der Waals surface area contributed by atoms with E-state index in [1.165, 1.54) is 0 Å². The molecule has 0 unspecified atom stereocenters. The lowest BCUT2D eigenvalue weighted by Crippen LogP contribution is -2.32. The predicted octanol–water partition coefficient (Wildman–Crippen LogP) is 5.43. The van der Waals surface area contributed by atoms with E-state index >= 15 is 0 Å². The Balaban J connectivity index is 1.53. The number of aliphatic hydroxyl groups is 1. The first-order chi connectivity index (χ1) is 16.4. The van der Waals surface area contributed by atoms with Crippen LogP contribution in [-0.4, -0.2) is 40.5 Å². The SMILES string of the molecule is CCCCC[C@H](O)/C=C/[C@H]1CCC(=O)[C@@H]1CCCCCCC(=O)NCC1CCC(C(=O)O)CC1. The van der Waals surface area contributed by atoms with Crippen molar-refractivity contribution in [3.63, 3.8) is 0 Å². The number of amides is 1. The second-order valence-corrected chi connectivity index (χ2v) is 10.5. The normalized spacial score (nSPS) is 26.1. The van der Waals surface area contributed by atoms with Gasteiger partial charge in [0.25, 0.3) is 0 Å². The van der Waals surface area contributed by atoms with Crippen LogP contribution in [0.5, 0.6) is 0 Å². The molecule has 6 heteroatoms. The van der Waals surface area contributed by atoms with Crippen LogP contribution in [0, 0.1) is 23.7 Å². The van der Waals surface area contributed by atoms with E-state index in [9.17, 15) is 19.5 Å². The Kier molecular flexibility index (Phi) is 13.5. The largest absolute Gasteiger partial charge is 0.481 e. The third kappa shape index (κ3) is 10.7. The average Bonchev–Trinajstić information content (AvgIpc) is 3.18. The minimum Gasteiger partial charge on any atom is -0.481 e. The van der Waals surface area contributed by atoms with Gasteiger partial charge in [-0.25, -0.2) is 0 Å². The minimum absolute atomic E-state index is 0.0917. The second-order valence-electron chi connectivity index (χ2n) is 10.5. The Hall–Kier alpha value is -1.69. The molecule has 3 N–H and O–H groups in total. The summed E-state index contributed by atoms with van der Waals surface area (Å²) in [5, 5.41) is 22.2. The highest BCUT2D eigenvalue weighted by molar-refractivity contribution is 5.83. The molecule has 0 heterocycles. The molecular formula is C28H47NO5. The Morgan fingerprint density at radius 2 is 1.76 bits per heavy atom. The zero-order chi connectivity index (χ0) is 24.8. The van der Waals surface area contributed by atoms with Crippen molar-refractivity contribution in [2.45, 2.75) is 116 Å². The number of hydrogen-bond acceptors (Lipinski definition) is 4. The third-order valence-corrected chi connectivity index (χ3v) is 7.79. The molecule has 2 aliphatic carbocycles. The number of carbonyl (C=O) groups excluding carboxylic acids is 2. The summed E-state index contributed by atoms with van der Waals surface area (Å²) in [4.78, 5) is 35.5. The van der Waals surface area contributed by atoms with Crippen molar-refractivity contribution < 1.29 is 24.6 Å². The van der Waals surface area contributed by atoms with Crippen LogP contribution >= 0.6 is 0 Å². The number of aliphatic carboxylic acids is 1. The van der Waals surface area contributed by atoms with Crippen LogP contribution in [0.4, 0.5) is 0 Å². The summed E-state index contributed by atoms with van der Waals surface area (Å²) < 4.78 is 0. The number of hydrogen-bond donors (Lipinski definition) is 3. The van der Waals surface area contributed by atoms with Crippen LogP contribution in [-0.2, 0) is 14.4 Å². The highest BCUT2D eigenvalue weighted by atomic mass is 16.4. The highest BCUT2D eigenvalue weighted by Gasteiger charge is 2.32. The topological polar surface area (TPSA) is 104 Å². The lowest BCUT2D eigenvalue weighted by Gasteiger charge is -2.26. The quantitative estimate of drug-likeness (QED) is 0.203. The number of nitrogens with one attached hydrogen (secondary N) is 1. The zero-order valence-electron chi connectivity index (χ0n) is 21.2. The van der Waals surface area contributed by atoms with Gasteiger partial charge in [-0.05, 0) is 63.2 Å². The lowest BCUT2D eigenvalue weighted by atomic mass is 9.82. The van der Waals surface area contributed by atoms with Crippen molar-refractivity contribution >= 4 is 17.7 Å². The van der Waals surface area contributed by atoms with Crippen molar-refractivity contribution in [2.75, 3.05) is 6.54 Å². The fourth-order valence-electron chi connectivity index (χ4n) is 5.47. The van der Waals surface area contributed by atoms with Gasteiger partial charge in [0.1, 0.15) is 5.78 Å². The third-order valence-electron chi connectivity index (χ3n) is 7.79. The summed E-state index contributed by atoms with van der Waals surface area (Å²) in [6.07, 6.45) is 17.8. The maximum Gasteiger partial charge on any atom is 0.306 e. The molecule has 3 atom stereocenters. The number of carboxylic acids is 1. The van der Waals surface area contributed by atoms with E-state index in [-0.39, 0.29) is 23.7 Å². The van der Waals surface area contributed by atoms with Crippen molar-refractivity contribution in [1.29, 1.82) is 0 Å². The fourth-order valence-corrected chi connectivity index (χ4v) is 5.47. The van der Waals surface area contributed by atoms with Crippen molar-refractivity contribution in [3.8, 4) is 0 Å². The van der Waals surface area contributed by atoms with E-state index in [1.54, 1.807) is 0 Å². The number of rotatable bonds is 16. The van der Waals surface area contributed by atoms with Crippen LogP contribution in [0.25, 0.3) is 0 Å². The highest BCUT2D eigenvalue weighted by Crippen LogP contribution is 2.34. The monoisotopic (exact) mass is 477 g/mol. The Morgan fingerprint density at radius 3 is 2.47 bits per heavy atom. The number of ketones is 1. The standard InChI is InChI=1S/C28H47NO5/c1-2-3-6-9-24(30)18-16-22-17-19-26(31)25(22)10-7-4-5-8-11-27(32)29-20-21-12-14-23(15-13-21)28(33)34/h16,18,21-25,30H,2-15,17,19-20H2,1H3,(H,29,32)(H,33,34)/b18-16+/t21?,22-,23?,24-,25+/m0/s1. The van der Waals surface area contributed by atoms with Gasteiger partial charge in [-0.15, -0.1) is 0 Å². The van der Waals surface area contributed by atoms with Crippen molar-refractivity contribution in [2.24, 2.45) is 23.7 Å². The predicted molar refractivity (Wildman–Crippen MR) is 134 cm³/mol. The number of unbranched alkanes of at least 4 members (excludes halogenated alkanes) is 5. The maximum atomic E-state index is 12.3. The van der Waals surface area contributed by atoms with E-state index in [2.05, 4.69) is 18.3 Å². The molecule has 2 rings (SSSR count). The summed E-state index contributed by atoms with van der Waals surface area (Å²) in [6, 6.07) is 0. The smallest absolute Gasteiger partial charge is 0.306 e. The minimum atomic E-state index is -0.691. The van der Waals surface area contributed by atoms with Crippen LogP contribution in [0.2, 0.25) is 0 Å². The number of aliphatic hydroxyl groups excluding tert-OH is 1. The summed E-state index contributed by atoms with van der Waals surface area (Å²) in [6.45, 7) is 2.82. The first-order valence-corrected chi connectivity index (χ1v) is 13.8. The van der Waals surface area contributed by atoms with Crippen LogP contribution in [0.3, 0.4) is 0 Å². The molecule has 0 saturated heterocycles. The van der Waals surface area contributed by atoms with Crippen molar-refractivity contribution in [3.05, 3.63) is 12.2 Å². The van der Waals surface area contributed by atoms with Crippen molar-refractivity contribution in [1.82, 2.24) is 5.32 Å². The molecule has 2 aliphatic rings. The molecule has 0 aromatic rings. The van der Waals surface area contributed by atoms with Gasteiger partial charge in [0, 0.05) is 25.3 Å². The summed E-state index contributed by atoms with van der Waals surface area (Å²) in [5.41, 5.74) is 0. The van der Waals surface area contributed by atoms with Gasteiger partial charge in [0.05, 0.1) is 12.0 Å². The van der Waals surface area contributed by atoms with E-state index in [1.807, 2.05) is 6.08 Å². The van der Waals surface area contributed by atoms with E-state index in [0.717, 1.165) is 89.9 Å². The van der Waals surface area contributed by atoms with E-state index in [4.69, 9.17) is 5.11 Å². The lowest BCUT2D eigenvalue weighted by molar-refractivity contribution is -0.143. The molecule has 6 nitrogen and oxygen atoms in total. The van der Waals surface area contributed by atoms with Gasteiger partial charge in [-0.3, -0.25) is 14.4 Å². The molecule has 0 aliphatic heterocycles. The molecule has 2 fully saturated rings. The Labute approximate surface area is 206 Å². The number of carboxylic acid groups (broad SMARTS) is 1. The molecule has 194 valence electrons. The molecule has 34 heavy (non-hydrogen) atoms. The number of Topliss-reactive ketones (excluding diaryl/α,β-unsaturated/α-hetero) is 1. The molecular weight excluding hydrogens is 430 g/mol. The maximum absolute atomic E-state index is 12.3.